The number of nitro groups is 1. The van der Waals surface area contributed by atoms with Gasteiger partial charge in [-0.1, -0.05) is 48.2 Å². The Morgan fingerprint density at radius 1 is 1.02 bits per heavy atom. The van der Waals surface area contributed by atoms with Crippen LogP contribution in [-0.4, -0.2) is 54.6 Å². The minimum atomic E-state index is -0.503. The molecule has 0 saturated carbocycles. The maximum Gasteiger partial charge on any atom is 0.269 e. The predicted molar refractivity (Wildman–Crippen MR) is 174 cm³/mol. The maximum absolute atomic E-state index is 13.7. The molecule has 0 bridgehead atoms. The molecular weight excluding hydrogens is 646 g/mol. The molecule has 1 aliphatic rings. The molecule has 0 radical (unpaired) electrons. The molecule has 12 nitrogen and oxygen atoms in total. The summed E-state index contributed by atoms with van der Waals surface area (Å²) in [7, 11) is 0. The fourth-order valence-corrected chi connectivity index (χ4v) is 6.40. The zero-order chi connectivity index (χ0) is 32.8. The summed E-state index contributed by atoms with van der Waals surface area (Å²) >= 11 is 2.63. The number of para-hydroxylation sites is 1. The first-order valence-corrected chi connectivity index (χ1v) is 16.2. The van der Waals surface area contributed by atoms with E-state index in [1.54, 1.807) is 53.1 Å². The van der Waals surface area contributed by atoms with Crippen molar-refractivity contribution in [3.8, 4) is 11.4 Å². The van der Waals surface area contributed by atoms with Crippen LogP contribution in [0.3, 0.4) is 0 Å². The lowest BCUT2D eigenvalue weighted by Crippen LogP contribution is -2.29. The number of hydrogen-bond donors (Lipinski definition) is 1. The number of carbonyl (C=O) groups excluding carboxylic acids is 2. The summed E-state index contributed by atoms with van der Waals surface area (Å²) in [5, 5.41) is 30.9. The predicted octanol–water partition coefficient (Wildman–Crippen LogP) is 5.54. The van der Waals surface area contributed by atoms with E-state index in [2.05, 4.69) is 20.6 Å². The Kier molecular flexibility index (Phi) is 9.64. The molecule has 0 fully saturated rings. The molecule has 1 unspecified atom stereocenters. The lowest BCUT2D eigenvalue weighted by Gasteiger charge is -2.22. The molecule has 2 aromatic heterocycles. The summed E-state index contributed by atoms with van der Waals surface area (Å²) in [6.45, 7) is -0.243. The van der Waals surface area contributed by atoms with Gasteiger partial charge in [-0.15, -0.1) is 21.5 Å². The highest BCUT2D eigenvalue weighted by molar-refractivity contribution is 7.99. The molecule has 5 aromatic rings. The Balaban J connectivity index is 1.20. The Morgan fingerprint density at radius 2 is 1.79 bits per heavy atom. The SMILES string of the molecule is O=C(COc1ccccc1)NCc1nnc(SCC(=O)N2N=C(c3cccs3)CC2c2ccc(F)cc2)n1-c1ccc([N+](=O)[O-])cc1. The first-order chi connectivity index (χ1) is 22.9. The number of nitrogens with one attached hydrogen (secondary N) is 1. The number of amides is 2. The summed E-state index contributed by atoms with van der Waals surface area (Å²) in [5.74, 6) is -0.252. The monoisotopic (exact) mass is 671 g/mol. The van der Waals surface area contributed by atoms with Crippen molar-refractivity contribution in [1.82, 2.24) is 25.1 Å². The van der Waals surface area contributed by atoms with Gasteiger partial charge in [0.15, 0.2) is 17.6 Å². The fourth-order valence-electron chi connectivity index (χ4n) is 4.85. The van der Waals surface area contributed by atoms with Crippen LogP contribution in [0.2, 0.25) is 0 Å². The molecule has 1 atom stereocenters. The number of hydrazone groups is 1. The summed E-state index contributed by atoms with van der Waals surface area (Å²) in [4.78, 5) is 37.9. The van der Waals surface area contributed by atoms with E-state index in [0.717, 1.165) is 27.9 Å². The topological polar surface area (TPSA) is 145 Å². The van der Waals surface area contributed by atoms with Gasteiger partial charge in [0.25, 0.3) is 17.5 Å². The fraction of sp³-hybridized carbons (Fsp3) is 0.156. The van der Waals surface area contributed by atoms with E-state index in [4.69, 9.17) is 4.74 Å². The van der Waals surface area contributed by atoms with Crippen LogP contribution < -0.4 is 10.1 Å². The number of thiophene rings is 1. The average molecular weight is 672 g/mol. The second kappa shape index (κ2) is 14.3. The minimum absolute atomic E-state index is 0.0251. The van der Waals surface area contributed by atoms with Crippen LogP contribution in [0.25, 0.3) is 5.69 Å². The Bertz CT molecular complexity index is 1900. The molecule has 6 rings (SSSR count). The van der Waals surface area contributed by atoms with Gasteiger partial charge in [-0.3, -0.25) is 24.3 Å². The van der Waals surface area contributed by atoms with E-state index >= 15 is 0 Å². The van der Waals surface area contributed by atoms with Crippen LogP contribution in [0.5, 0.6) is 5.75 Å². The Hall–Kier alpha value is -5.41. The van der Waals surface area contributed by atoms with Gasteiger partial charge in [0.2, 0.25) is 0 Å². The van der Waals surface area contributed by atoms with Crippen LogP contribution in [0.1, 0.15) is 28.7 Å². The van der Waals surface area contributed by atoms with E-state index in [0.29, 0.717) is 28.8 Å². The molecule has 3 heterocycles. The van der Waals surface area contributed by atoms with Gasteiger partial charge in [0.05, 0.1) is 33.9 Å². The van der Waals surface area contributed by atoms with Gasteiger partial charge in [-0.05, 0) is 53.4 Å². The van der Waals surface area contributed by atoms with Crippen LogP contribution in [0.15, 0.2) is 107 Å². The molecule has 0 saturated heterocycles. The molecule has 1 aliphatic heterocycles. The highest BCUT2D eigenvalue weighted by Gasteiger charge is 2.33. The second-order valence-electron chi connectivity index (χ2n) is 10.2. The number of thioether (sulfide) groups is 1. The van der Waals surface area contributed by atoms with Crippen LogP contribution in [-0.2, 0) is 16.1 Å². The number of nitro benzene ring substituents is 1. The van der Waals surface area contributed by atoms with Crippen molar-refractivity contribution in [3.63, 3.8) is 0 Å². The Morgan fingerprint density at radius 3 is 2.49 bits per heavy atom. The van der Waals surface area contributed by atoms with Gasteiger partial charge in [-0.2, -0.15) is 5.10 Å². The number of hydrogen-bond acceptors (Lipinski definition) is 10. The van der Waals surface area contributed by atoms with E-state index in [-0.39, 0.29) is 36.3 Å². The smallest absolute Gasteiger partial charge is 0.269 e. The number of ether oxygens (including phenoxy) is 1. The number of benzene rings is 3. The molecule has 47 heavy (non-hydrogen) atoms. The van der Waals surface area contributed by atoms with Gasteiger partial charge < -0.3 is 10.1 Å². The quantitative estimate of drug-likeness (QED) is 0.103. The molecule has 2 amide bonds. The maximum atomic E-state index is 13.7. The van der Waals surface area contributed by atoms with Crippen molar-refractivity contribution >= 4 is 46.3 Å². The first kappa shape index (κ1) is 31.6. The number of carbonyl (C=O) groups is 2. The van der Waals surface area contributed by atoms with Crippen LogP contribution in [0.4, 0.5) is 10.1 Å². The normalized spacial score (nSPS) is 14.1. The van der Waals surface area contributed by atoms with Crippen molar-refractivity contribution in [2.24, 2.45) is 5.10 Å². The lowest BCUT2D eigenvalue weighted by atomic mass is 10.0. The minimum Gasteiger partial charge on any atom is -0.484 e. The van der Waals surface area contributed by atoms with Crippen molar-refractivity contribution in [1.29, 1.82) is 0 Å². The summed E-state index contributed by atoms with van der Waals surface area (Å²) in [6.07, 6.45) is 0.472. The molecule has 1 N–H and O–H groups in total. The standard InChI is InChI=1S/C32H26FN7O5S2/c33-22-10-8-21(9-11-22)27-17-26(28-7-4-16-46-28)37-39(27)31(42)20-47-32-36-35-29(38(32)23-12-14-24(15-13-23)40(43)44)18-34-30(41)19-45-25-5-2-1-3-6-25/h1-16,27H,17-20H2,(H,34,41). The van der Waals surface area contributed by atoms with Crippen molar-refractivity contribution in [2.75, 3.05) is 12.4 Å². The summed E-state index contributed by atoms with van der Waals surface area (Å²) in [5.41, 5.74) is 1.92. The first-order valence-electron chi connectivity index (χ1n) is 14.3. The Labute approximate surface area is 276 Å². The van der Waals surface area contributed by atoms with Gasteiger partial charge in [-0.25, -0.2) is 9.40 Å². The van der Waals surface area contributed by atoms with Crippen molar-refractivity contribution in [2.45, 2.75) is 24.2 Å². The number of non-ortho nitro benzene ring substituents is 1. The van der Waals surface area contributed by atoms with E-state index in [1.807, 2.05) is 23.6 Å². The largest absolute Gasteiger partial charge is 0.484 e. The molecule has 15 heteroatoms. The van der Waals surface area contributed by atoms with Crippen molar-refractivity contribution in [3.05, 3.63) is 129 Å². The third kappa shape index (κ3) is 7.53. The number of halogens is 1. The van der Waals surface area contributed by atoms with E-state index in [9.17, 15) is 24.1 Å². The number of rotatable bonds is 12. The molecule has 0 spiro atoms. The zero-order valence-electron chi connectivity index (χ0n) is 24.6. The van der Waals surface area contributed by atoms with Gasteiger partial charge in [0, 0.05) is 24.2 Å². The van der Waals surface area contributed by atoms with Gasteiger partial charge >= 0.3 is 0 Å². The average Bonchev–Trinajstić information content (AvgIpc) is 3.87. The number of aromatic nitrogens is 3. The third-order valence-electron chi connectivity index (χ3n) is 7.13. The summed E-state index contributed by atoms with van der Waals surface area (Å²) in [6, 6.07) is 24.1. The molecular formula is C32H26FN7O5S2. The molecule has 238 valence electrons. The molecule has 0 aliphatic carbocycles. The third-order valence-corrected chi connectivity index (χ3v) is 8.96. The van der Waals surface area contributed by atoms with Crippen LogP contribution in [0, 0.1) is 15.9 Å². The second-order valence-corrected chi connectivity index (χ2v) is 12.1. The van der Waals surface area contributed by atoms with E-state index < -0.39 is 16.9 Å². The van der Waals surface area contributed by atoms with Gasteiger partial charge in [0.1, 0.15) is 11.6 Å². The zero-order valence-corrected chi connectivity index (χ0v) is 26.2. The van der Waals surface area contributed by atoms with Crippen LogP contribution >= 0.6 is 23.1 Å². The lowest BCUT2D eigenvalue weighted by molar-refractivity contribution is -0.384. The van der Waals surface area contributed by atoms with Crippen molar-refractivity contribution < 1.29 is 23.6 Å². The highest BCUT2D eigenvalue weighted by Crippen LogP contribution is 2.35. The number of nitrogens with zero attached hydrogens (tertiary/aromatic N) is 6. The molecule has 3 aromatic carbocycles. The summed E-state index contributed by atoms with van der Waals surface area (Å²) < 4.78 is 20.8. The highest BCUT2D eigenvalue weighted by atomic mass is 32.2. The van der Waals surface area contributed by atoms with E-state index in [1.165, 1.54) is 40.6 Å².